The van der Waals surface area contributed by atoms with Crippen molar-refractivity contribution >= 4 is 19.8 Å². The highest BCUT2D eigenvalue weighted by Gasteiger charge is 2.25. The first kappa shape index (κ1) is 52.6. The van der Waals surface area contributed by atoms with Gasteiger partial charge in [0.1, 0.15) is 6.61 Å². The molecule has 0 aromatic heterocycles. The van der Waals surface area contributed by atoms with E-state index in [0.29, 0.717) is 25.7 Å². The van der Waals surface area contributed by atoms with E-state index < -0.39 is 32.5 Å². The van der Waals surface area contributed by atoms with E-state index >= 15 is 0 Å². The Morgan fingerprint density at radius 3 is 1.71 bits per heavy atom. The van der Waals surface area contributed by atoms with Crippen molar-refractivity contribution in [2.75, 3.05) is 26.4 Å². The van der Waals surface area contributed by atoms with Crippen LogP contribution in [-0.4, -0.2) is 60.5 Å². The number of ether oxygens (including phenoxy) is 2. The lowest BCUT2D eigenvalue weighted by Gasteiger charge is -2.19. The second kappa shape index (κ2) is 39.8. The van der Waals surface area contributed by atoms with Crippen molar-refractivity contribution in [2.45, 2.75) is 135 Å². The first-order chi connectivity index (χ1) is 27.2. The van der Waals surface area contributed by atoms with Crippen LogP contribution in [0.25, 0.3) is 0 Å². The van der Waals surface area contributed by atoms with Crippen LogP contribution in [-0.2, 0) is 32.7 Å². The Balaban J connectivity index is 4.38. The maximum Gasteiger partial charge on any atom is 0.472 e. The maximum absolute atomic E-state index is 12.6. The van der Waals surface area contributed by atoms with Gasteiger partial charge < -0.3 is 25.2 Å². The van der Waals surface area contributed by atoms with E-state index in [1.807, 2.05) is 37.3 Å². The quantitative estimate of drug-likeness (QED) is 0.0183. The number of carbonyl (C=O) groups is 2. The molecule has 0 radical (unpaired) electrons. The molecule has 4 N–H and O–H groups in total. The van der Waals surface area contributed by atoms with Crippen LogP contribution in [0, 0.1) is 0 Å². The number of phosphoric acid groups is 1. The molecule has 1 unspecified atom stereocenters. The van der Waals surface area contributed by atoms with E-state index in [1.165, 1.54) is 0 Å². The number of unbranched alkanes of at least 4 members (excludes halogenated alkanes) is 5. The first-order valence-electron chi connectivity index (χ1n) is 20.5. The topological polar surface area (TPSA) is 155 Å². The molecule has 0 aliphatic rings. The average molecular weight is 802 g/mol. The van der Waals surface area contributed by atoms with E-state index in [4.69, 9.17) is 24.3 Å². The average Bonchev–Trinajstić information content (AvgIpc) is 3.18. The van der Waals surface area contributed by atoms with Gasteiger partial charge in [-0.1, -0.05) is 136 Å². The van der Waals surface area contributed by atoms with Crippen LogP contribution in [0.2, 0.25) is 0 Å². The van der Waals surface area contributed by atoms with Crippen LogP contribution in [0.5, 0.6) is 0 Å². The molecular weight excluding hydrogens is 729 g/mol. The first-order valence-corrected chi connectivity index (χ1v) is 22.0. The molecule has 0 fully saturated rings. The molecular formula is C45H72NO9P. The fourth-order valence-corrected chi connectivity index (χ4v) is 5.43. The minimum Gasteiger partial charge on any atom is -0.462 e. The lowest BCUT2D eigenvalue weighted by atomic mass is 10.1. The minimum absolute atomic E-state index is 0.0291. The van der Waals surface area contributed by atoms with Crippen molar-refractivity contribution in [3.05, 3.63) is 109 Å². The van der Waals surface area contributed by atoms with Crippen molar-refractivity contribution < 1.29 is 42.7 Å². The Labute approximate surface area is 338 Å². The summed E-state index contributed by atoms with van der Waals surface area (Å²) in [4.78, 5) is 34.8. The number of rotatable bonds is 36. The summed E-state index contributed by atoms with van der Waals surface area (Å²) in [6.07, 6.45) is 49.3. The number of hydrogen-bond acceptors (Lipinski definition) is 9. The summed E-state index contributed by atoms with van der Waals surface area (Å²) in [5.41, 5.74) is 5.33. The highest BCUT2D eigenvalue weighted by atomic mass is 31.2. The molecule has 0 aliphatic heterocycles. The minimum atomic E-state index is -4.41. The Morgan fingerprint density at radius 2 is 1.14 bits per heavy atom. The predicted octanol–water partition coefficient (Wildman–Crippen LogP) is 10.6. The van der Waals surface area contributed by atoms with Gasteiger partial charge in [0.25, 0.3) is 0 Å². The van der Waals surface area contributed by atoms with Gasteiger partial charge in [-0.05, 0) is 83.5 Å². The molecule has 3 atom stereocenters. The number of allylic oxidation sites excluding steroid dienone is 17. The summed E-state index contributed by atoms with van der Waals surface area (Å²) in [7, 11) is -4.41. The lowest BCUT2D eigenvalue weighted by molar-refractivity contribution is -0.161. The van der Waals surface area contributed by atoms with E-state index in [2.05, 4.69) is 79.8 Å². The number of carbonyl (C=O) groups excluding carboxylic acids is 2. The molecule has 11 heteroatoms. The Kier molecular flexibility index (Phi) is 37.5. The zero-order valence-corrected chi connectivity index (χ0v) is 35.1. The Hall–Kier alpha value is -3.37. The summed E-state index contributed by atoms with van der Waals surface area (Å²) in [5.74, 6) is -0.958. The largest absolute Gasteiger partial charge is 0.472 e. The molecule has 0 saturated heterocycles. The SMILES string of the molecule is CC/C=C\C/C=C\C/C=C\C/C=C\CCCCCCC(=O)O[C@H](COC(=O)CCC/C=C\C/C=C\C/C=C\C/C=C\C=C\[C@@H](O)CC)COP(=O)(O)OCCN. The molecule has 0 saturated carbocycles. The summed E-state index contributed by atoms with van der Waals surface area (Å²) in [6, 6.07) is 0. The number of hydrogen-bond donors (Lipinski definition) is 3. The third-order valence-corrected chi connectivity index (χ3v) is 8.80. The third kappa shape index (κ3) is 38.9. The monoisotopic (exact) mass is 801 g/mol. The molecule has 0 aromatic carbocycles. The standard InChI is InChI=1S/C45H72NO9P/c1-3-5-6-7-8-9-10-11-12-13-14-19-22-25-28-31-34-37-45(49)55-43(41-54-56(50,51)53-39-38-46)40-52-44(48)36-33-30-27-24-21-18-16-15-17-20-23-26-29-32-35-42(47)4-2/h5-6,8-9,11-12,14,16-20,24,26-27,29,32,35,42-43,47H,3-4,7,10,13,15,21-23,25,28,30-31,33-34,36-41,46H2,1-2H3,(H,50,51)/b6-5-,9-8-,12-11-,18-16-,19-14-,20-17-,27-24-,29-26-,35-32+/t42-,43+/m0/s1. The molecule has 56 heavy (non-hydrogen) atoms. The highest BCUT2D eigenvalue weighted by Crippen LogP contribution is 2.43. The number of aliphatic hydroxyl groups excluding tert-OH is 1. The molecule has 0 rings (SSSR count). The summed E-state index contributed by atoms with van der Waals surface area (Å²) < 4.78 is 32.6. The second-order valence-electron chi connectivity index (χ2n) is 12.9. The van der Waals surface area contributed by atoms with Gasteiger partial charge in [0.2, 0.25) is 0 Å². The normalized spacial score (nSPS) is 15.0. The molecule has 316 valence electrons. The van der Waals surface area contributed by atoms with Crippen LogP contribution >= 0.6 is 7.82 Å². The van der Waals surface area contributed by atoms with Gasteiger partial charge >= 0.3 is 19.8 Å². The molecule has 10 nitrogen and oxygen atoms in total. The van der Waals surface area contributed by atoms with E-state index in [-0.39, 0.29) is 38.7 Å². The van der Waals surface area contributed by atoms with Gasteiger partial charge in [0, 0.05) is 19.4 Å². The van der Waals surface area contributed by atoms with Crippen molar-refractivity contribution in [3.8, 4) is 0 Å². The van der Waals surface area contributed by atoms with Crippen molar-refractivity contribution in [3.63, 3.8) is 0 Å². The predicted molar refractivity (Wildman–Crippen MR) is 230 cm³/mol. The van der Waals surface area contributed by atoms with Gasteiger partial charge in [-0.3, -0.25) is 18.6 Å². The molecule has 0 heterocycles. The van der Waals surface area contributed by atoms with Crippen LogP contribution < -0.4 is 5.73 Å². The third-order valence-electron chi connectivity index (χ3n) is 7.81. The fraction of sp³-hybridized carbons (Fsp3) is 0.556. The van der Waals surface area contributed by atoms with Crippen molar-refractivity contribution in [2.24, 2.45) is 5.73 Å². The molecule has 0 bridgehead atoms. The summed E-state index contributed by atoms with van der Waals surface area (Å²) in [6.45, 7) is 3.14. The van der Waals surface area contributed by atoms with Gasteiger partial charge in [0.15, 0.2) is 6.10 Å². The van der Waals surface area contributed by atoms with E-state index in [0.717, 1.165) is 70.6 Å². The second-order valence-corrected chi connectivity index (χ2v) is 14.4. The van der Waals surface area contributed by atoms with Crippen LogP contribution in [0.4, 0.5) is 0 Å². The Morgan fingerprint density at radius 1 is 0.625 bits per heavy atom. The molecule has 0 spiro atoms. The number of aliphatic hydroxyl groups is 1. The van der Waals surface area contributed by atoms with E-state index in [9.17, 15) is 24.2 Å². The van der Waals surface area contributed by atoms with Crippen molar-refractivity contribution in [1.29, 1.82) is 0 Å². The zero-order valence-electron chi connectivity index (χ0n) is 34.2. The molecule has 0 aromatic rings. The summed E-state index contributed by atoms with van der Waals surface area (Å²) >= 11 is 0. The van der Waals surface area contributed by atoms with Crippen LogP contribution in [0.15, 0.2) is 109 Å². The zero-order chi connectivity index (χ0) is 41.2. The fourth-order valence-electron chi connectivity index (χ4n) is 4.67. The van der Waals surface area contributed by atoms with Crippen LogP contribution in [0.3, 0.4) is 0 Å². The smallest absolute Gasteiger partial charge is 0.462 e. The van der Waals surface area contributed by atoms with Gasteiger partial charge in [-0.2, -0.15) is 0 Å². The van der Waals surface area contributed by atoms with Gasteiger partial charge in [0.05, 0.1) is 19.3 Å². The lowest BCUT2D eigenvalue weighted by Crippen LogP contribution is -2.29. The molecule has 0 aliphatic carbocycles. The van der Waals surface area contributed by atoms with Crippen molar-refractivity contribution in [1.82, 2.24) is 0 Å². The van der Waals surface area contributed by atoms with Crippen LogP contribution in [0.1, 0.15) is 123 Å². The number of nitrogens with two attached hydrogens (primary N) is 1. The summed E-state index contributed by atoms with van der Waals surface area (Å²) in [5, 5.41) is 9.46. The van der Waals surface area contributed by atoms with Gasteiger partial charge in [-0.25, -0.2) is 4.57 Å². The molecule has 0 amide bonds. The number of phosphoric ester groups is 1. The maximum atomic E-state index is 12.6. The number of esters is 2. The highest BCUT2D eigenvalue weighted by molar-refractivity contribution is 7.47. The van der Waals surface area contributed by atoms with Gasteiger partial charge in [-0.15, -0.1) is 0 Å². The Bertz CT molecular complexity index is 1300. The van der Waals surface area contributed by atoms with E-state index in [1.54, 1.807) is 6.08 Å².